The van der Waals surface area contributed by atoms with Crippen molar-refractivity contribution in [3.05, 3.63) is 63.9 Å². The smallest absolute Gasteiger partial charge is 0.251 e. The van der Waals surface area contributed by atoms with Gasteiger partial charge in [0.05, 0.1) is 6.04 Å². The van der Waals surface area contributed by atoms with Crippen LogP contribution in [0.2, 0.25) is 0 Å². The quantitative estimate of drug-likeness (QED) is 0.854. The second-order valence-corrected chi connectivity index (χ2v) is 5.80. The molecule has 0 fully saturated rings. The number of rotatable bonds is 2. The molecule has 1 N–H and O–H groups in total. The molecule has 1 atom stereocenters. The molecular formula is C16H15BrN2O. The van der Waals surface area contributed by atoms with Crippen LogP contribution in [-0.2, 0) is 6.42 Å². The van der Waals surface area contributed by atoms with Gasteiger partial charge in [-0.3, -0.25) is 4.79 Å². The Kier molecular flexibility index (Phi) is 3.83. The predicted molar refractivity (Wildman–Crippen MR) is 81.5 cm³/mol. The summed E-state index contributed by atoms with van der Waals surface area (Å²) < 4.78 is 0.675. The number of pyridine rings is 1. The van der Waals surface area contributed by atoms with Crippen molar-refractivity contribution in [3.63, 3.8) is 0 Å². The number of halogens is 1. The number of amides is 1. The zero-order valence-electron chi connectivity index (χ0n) is 11.0. The monoisotopic (exact) mass is 330 g/mol. The summed E-state index contributed by atoms with van der Waals surface area (Å²) in [6.07, 6.45) is 4.84. The zero-order chi connectivity index (χ0) is 13.9. The summed E-state index contributed by atoms with van der Waals surface area (Å²) in [5, 5.41) is 3.13. The topological polar surface area (TPSA) is 42.0 Å². The normalized spacial score (nSPS) is 17.4. The molecule has 1 aliphatic rings. The molecule has 0 saturated carbocycles. The predicted octanol–water partition coefficient (Wildman–Crippen LogP) is 3.65. The fraction of sp³-hybridized carbons (Fsp3) is 0.250. The highest BCUT2D eigenvalue weighted by molar-refractivity contribution is 9.10. The summed E-state index contributed by atoms with van der Waals surface area (Å²) in [4.78, 5) is 16.4. The maximum atomic E-state index is 12.3. The lowest BCUT2D eigenvalue weighted by Crippen LogP contribution is -2.31. The molecule has 102 valence electrons. The van der Waals surface area contributed by atoms with Gasteiger partial charge in [0.25, 0.3) is 5.91 Å². The number of carbonyl (C=O) groups excluding carboxylic acids is 1. The van der Waals surface area contributed by atoms with E-state index in [0.717, 1.165) is 19.3 Å². The van der Waals surface area contributed by atoms with Crippen LogP contribution >= 0.6 is 15.9 Å². The molecule has 0 spiro atoms. The summed E-state index contributed by atoms with van der Waals surface area (Å²) >= 11 is 3.29. The van der Waals surface area contributed by atoms with Crippen LogP contribution in [0.3, 0.4) is 0 Å². The average molecular weight is 331 g/mol. The van der Waals surface area contributed by atoms with Gasteiger partial charge in [-0.25, -0.2) is 4.98 Å². The minimum atomic E-state index is -0.0465. The Balaban J connectivity index is 1.81. The second-order valence-electron chi connectivity index (χ2n) is 4.98. The number of nitrogens with one attached hydrogen (secondary N) is 1. The molecule has 1 heterocycles. The first-order valence-corrected chi connectivity index (χ1v) is 7.53. The van der Waals surface area contributed by atoms with Crippen LogP contribution in [0.5, 0.6) is 0 Å². The molecule has 1 aliphatic carbocycles. The van der Waals surface area contributed by atoms with Crippen molar-refractivity contribution in [1.82, 2.24) is 10.3 Å². The molecule has 2 aromatic rings. The van der Waals surface area contributed by atoms with Crippen LogP contribution in [-0.4, -0.2) is 10.9 Å². The molecule has 4 heteroatoms. The minimum Gasteiger partial charge on any atom is -0.345 e. The van der Waals surface area contributed by atoms with Crippen molar-refractivity contribution in [3.8, 4) is 0 Å². The highest BCUT2D eigenvalue weighted by Gasteiger charge is 2.21. The summed E-state index contributed by atoms with van der Waals surface area (Å²) in [5.41, 5.74) is 3.23. The Morgan fingerprint density at radius 1 is 1.30 bits per heavy atom. The van der Waals surface area contributed by atoms with E-state index in [1.165, 1.54) is 11.1 Å². The van der Waals surface area contributed by atoms with E-state index in [4.69, 9.17) is 0 Å². The third kappa shape index (κ3) is 2.75. The highest BCUT2D eigenvalue weighted by atomic mass is 79.9. The lowest BCUT2D eigenvalue weighted by molar-refractivity contribution is 0.0932. The van der Waals surface area contributed by atoms with Gasteiger partial charge in [-0.05, 0) is 58.5 Å². The largest absolute Gasteiger partial charge is 0.345 e. The zero-order valence-corrected chi connectivity index (χ0v) is 12.6. The first-order chi connectivity index (χ1) is 9.74. The third-order valence-corrected chi connectivity index (χ3v) is 4.10. The summed E-state index contributed by atoms with van der Waals surface area (Å²) in [5.74, 6) is -0.0465. The van der Waals surface area contributed by atoms with Crippen LogP contribution < -0.4 is 5.32 Å². The van der Waals surface area contributed by atoms with E-state index < -0.39 is 0 Å². The van der Waals surface area contributed by atoms with Gasteiger partial charge in [0.15, 0.2) is 0 Å². The molecule has 1 aromatic carbocycles. The lowest BCUT2D eigenvalue weighted by atomic mass is 9.87. The SMILES string of the molecule is O=C(N[C@H]1CCCc2ccccc21)c1ccnc(Br)c1. The number of fused-ring (bicyclic) bond motifs is 1. The minimum absolute atomic E-state index is 0.0465. The van der Waals surface area contributed by atoms with E-state index in [9.17, 15) is 4.79 Å². The molecule has 20 heavy (non-hydrogen) atoms. The Hall–Kier alpha value is -1.68. The lowest BCUT2D eigenvalue weighted by Gasteiger charge is -2.26. The van der Waals surface area contributed by atoms with Crippen LogP contribution in [0, 0.1) is 0 Å². The molecule has 0 radical (unpaired) electrons. The molecule has 3 rings (SSSR count). The Morgan fingerprint density at radius 3 is 3.00 bits per heavy atom. The molecule has 1 aromatic heterocycles. The maximum Gasteiger partial charge on any atom is 0.251 e. The molecular weight excluding hydrogens is 316 g/mol. The number of carbonyl (C=O) groups is 1. The number of benzene rings is 1. The number of aryl methyl sites for hydroxylation is 1. The van der Waals surface area contributed by atoms with Crippen molar-refractivity contribution >= 4 is 21.8 Å². The van der Waals surface area contributed by atoms with Gasteiger partial charge in [-0.2, -0.15) is 0 Å². The van der Waals surface area contributed by atoms with Gasteiger partial charge < -0.3 is 5.32 Å². The van der Waals surface area contributed by atoms with Gasteiger partial charge >= 0.3 is 0 Å². The van der Waals surface area contributed by atoms with Crippen LogP contribution in [0.4, 0.5) is 0 Å². The Morgan fingerprint density at radius 2 is 2.15 bits per heavy atom. The summed E-state index contributed by atoms with van der Waals surface area (Å²) in [6, 6.07) is 11.9. The number of hydrogen-bond donors (Lipinski definition) is 1. The van der Waals surface area contributed by atoms with Crippen LogP contribution in [0.25, 0.3) is 0 Å². The molecule has 0 bridgehead atoms. The molecule has 0 unspecified atom stereocenters. The molecule has 3 nitrogen and oxygen atoms in total. The third-order valence-electron chi connectivity index (χ3n) is 3.66. The number of nitrogens with zero attached hydrogens (tertiary/aromatic N) is 1. The van der Waals surface area contributed by atoms with Gasteiger partial charge in [0.2, 0.25) is 0 Å². The van der Waals surface area contributed by atoms with Gasteiger partial charge in [-0.15, -0.1) is 0 Å². The first kappa shape index (κ1) is 13.3. The van der Waals surface area contributed by atoms with E-state index in [-0.39, 0.29) is 11.9 Å². The van der Waals surface area contributed by atoms with Crippen molar-refractivity contribution < 1.29 is 4.79 Å². The van der Waals surface area contributed by atoms with E-state index >= 15 is 0 Å². The van der Waals surface area contributed by atoms with E-state index in [1.807, 2.05) is 6.07 Å². The van der Waals surface area contributed by atoms with Gasteiger partial charge in [-0.1, -0.05) is 24.3 Å². The Labute approximate surface area is 126 Å². The van der Waals surface area contributed by atoms with Gasteiger partial charge in [0, 0.05) is 11.8 Å². The van der Waals surface area contributed by atoms with Crippen molar-refractivity contribution in [2.75, 3.05) is 0 Å². The van der Waals surface area contributed by atoms with E-state index in [1.54, 1.807) is 18.3 Å². The number of hydrogen-bond acceptors (Lipinski definition) is 2. The van der Waals surface area contributed by atoms with Crippen LogP contribution in [0.15, 0.2) is 47.2 Å². The summed E-state index contributed by atoms with van der Waals surface area (Å²) in [7, 11) is 0. The molecule has 1 amide bonds. The van der Waals surface area contributed by atoms with Crippen LogP contribution in [0.1, 0.15) is 40.4 Å². The van der Waals surface area contributed by atoms with Crippen molar-refractivity contribution in [1.29, 1.82) is 0 Å². The maximum absolute atomic E-state index is 12.3. The van der Waals surface area contributed by atoms with E-state index in [2.05, 4.69) is 44.4 Å². The fourth-order valence-electron chi connectivity index (χ4n) is 2.69. The number of aromatic nitrogens is 1. The second kappa shape index (κ2) is 5.75. The van der Waals surface area contributed by atoms with Crippen molar-refractivity contribution in [2.24, 2.45) is 0 Å². The highest BCUT2D eigenvalue weighted by Crippen LogP contribution is 2.29. The fourth-order valence-corrected chi connectivity index (χ4v) is 3.05. The van der Waals surface area contributed by atoms with E-state index in [0.29, 0.717) is 10.2 Å². The van der Waals surface area contributed by atoms with Gasteiger partial charge in [0.1, 0.15) is 4.60 Å². The van der Waals surface area contributed by atoms with Crippen molar-refractivity contribution in [2.45, 2.75) is 25.3 Å². The molecule has 0 saturated heterocycles. The average Bonchev–Trinajstić information content (AvgIpc) is 2.47. The summed E-state index contributed by atoms with van der Waals surface area (Å²) in [6.45, 7) is 0. The standard InChI is InChI=1S/C16H15BrN2O/c17-15-10-12(8-9-18-15)16(20)19-14-7-3-5-11-4-1-2-6-13(11)14/h1-2,4,6,8-10,14H,3,5,7H2,(H,19,20)/t14-/m0/s1. The first-order valence-electron chi connectivity index (χ1n) is 6.74. The molecule has 0 aliphatic heterocycles. The Bertz CT molecular complexity index is 642.